The van der Waals surface area contributed by atoms with Crippen molar-refractivity contribution >= 4 is 65.6 Å². The highest BCUT2D eigenvalue weighted by atomic mass is 16.3. The Kier molecular flexibility index (Phi) is 5.86. The van der Waals surface area contributed by atoms with Gasteiger partial charge in [0.05, 0.1) is 27.5 Å². The highest BCUT2D eigenvalue weighted by molar-refractivity contribution is 6.24. The lowest BCUT2D eigenvalue weighted by molar-refractivity contribution is 0.669. The maximum absolute atomic E-state index is 6.65. The molecule has 0 spiro atoms. The summed E-state index contributed by atoms with van der Waals surface area (Å²) in [7, 11) is 0. The quantitative estimate of drug-likeness (QED) is 0.190. The van der Waals surface area contributed by atoms with Crippen molar-refractivity contribution in [2.45, 2.75) is 0 Å². The van der Waals surface area contributed by atoms with Crippen LogP contribution in [0.4, 0.5) is 0 Å². The molecule has 0 bridgehead atoms. The summed E-state index contributed by atoms with van der Waals surface area (Å²) in [4.78, 5) is 15.3. The maximum atomic E-state index is 6.65. The zero-order valence-corrected chi connectivity index (χ0v) is 27.2. The molecule has 238 valence electrons. The molecule has 0 unspecified atom stereocenters. The highest BCUT2D eigenvalue weighted by Gasteiger charge is 2.21. The zero-order valence-electron chi connectivity index (χ0n) is 27.2. The van der Waals surface area contributed by atoms with Crippen LogP contribution in [0, 0.1) is 0 Å². The molecule has 11 rings (SSSR count). The van der Waals surface area contributed by atoms with Gasteiger partial charge in [-0.25, -0.2) is 4.98 Å². The van der Waals surface area contributed by atoms with Crippen molar-refractivity contribution in [2.24, 2.45) is 0 Å². The molecule has 0 radical (unpaired) electrons. The summed E-state index contributed by atoms with van der Waals surface area (Å²) in [5.74, 6) is 1.75. The smallest absolute Gasteiger partial charge is 0.238 e. The Morgan fingerprint density at radius 3 is 1.63 bits per heavy atom. The highest BCUT2D eigenvalue weighted by Crippen LogP contribution is 2.41. The van der Waals surface area contributed by atoms with Crippen LogP contribution in [0.25, 0.3) is 100.0 Å². The second-order valence-corrected chi connectivity index (χ2v) is 12.9. The third kappa shape index (κ3) is 4.14. The Balaban J connectivity index is 1.17. The number of hydrogen-bond donors (Lipinski definition) is 0. The van der Waals surface area contributed by atoms with Crippen LogP contribution in [-0.4, -0.2) is 24.1 Å². The Morgan fingerprint density at radius 2 is 0.941 bits per heavy atom. The largest absolute Gasteiger partial charge is 0.456 e. The van der Waals surface area contributed by atoms with Gasteiger partial charge in [0.1, 0.15) is 11.2 Å². The van der Waals surface area contributed by atoms with E-state index in [1.807, 2.05) is 30.3 Å². The molecular weight excluding hydrogens is 627 g/mol. The second kappa shape index (κ2) is 10.7. The number of aromatic nitrogens is 5. The van der Waals surface area contributed by atoms with E-state index in [2.05, 4.69) is 143 Å². The fraction of sp³-hybridized carbons (Fsp3) is 0. The van der Waals surface area contributed by atoms with Crippen molar-refractivity contribution in [1.82, 2.24) is 24.1 Å². The summed E-state index contributed by atoms with van der Waals surface area (Å²) < 4.78 is 11.1. The fourth-order valence-electron chi connectivity index (χ4n) is 7.75. The van der Waals surface area contributed by atoms with Gasteiger partial charge >= 0.3 is 0 Å². The van der Waals surface area contributed by atoms with E-state index in [9.17, 15) is 0 Å². The van der Waals surface area contributed by atoms with Crippen LogP contribution < -0.4 is 0 Å². The number of furan rings is 1. The van der Waals surface area contributed by atoms with Gasteiger partial charge in [-0.05, 0) is 54.6 Å². The zero-order chi connectivity index (χ0) is 33.5. The molecule has 51 heavy (non-hydrogen) atoms. The Morgan fingerprint density at radius 1 is 0.392 bits per heavy atom. The molecule has 0 fully saturated rings. The molecule has 0 aliphatic rings. The molecule has 7 aromatic carbocycles. The molecule has 6 heteroatoms. The predicted molar refractivity (Wildman–Crippen MR) is 207 cm³/mol. The number of fused-ring (bicyclic) bond motifs is 10. The average molecular weight is 654 g/mol. The van der Waals surface area contributed by atoms with Gasteiger partial charge in [-0.3, -0.25) is 4.57 Å². The van der Waals surface area contributed by atoms with Gasteiger partial charge in [-0.2, -0.15) is 9.97 Å². The lowest BCUT2D eigenvalue weighted by Crippen LogP contribution is -2.06. The molecule has 4 heterocycles. The van der Waals surface area contributed by atoms with Gasteiger partial charge in [-0.1, -0.05) is 109 Å². The first kappa shape index (κ1) is 27.9. The summed E-state index contributed by atoms with van der Waals surface area (Å²) in [6.45, 7) is 0. The van der Waals surface area contributed by atoms with Crippen molar-refractivity contribution in [3.05, 3.63) is 164 Å². The topological polar surface area (TPSA) is 61.7 Å². The molecule has 0 atom stereocenters. The number of nitrogens with zero attached hydrogens (tertiary/aromatic N) is 5. The first-order chi connectivity index (χ1) is 25.3. The van der Waals surface area contributed by atoms with Crippen LogP contribution in [0.2, 0.25) is 0 Å². The van der Waals surface area contributed by atoms with Crippen molar-refractivity contribution in [3.63, 3.8) is 0 Å². The van der Waals surface area contributed by atoms with Crippen LogP contribution in [0.5, 0.6) is 0 Å². The minimum Gasteiger partial charge on any atom is -0.456 e. The number of rotatable bonds is 4. The van der Waals surface area contributed by atoms with Crippen molar-refractivity contribution < 1.29 is 4.42 Å². The van der Waals surface area contributed by atoms with Gasteiger partial charge in [0.2, 0.25) is 5.95 Å². The number of para-hydroxylation sites is 4. The van der Waals surface area contributed by atoms with E-state index in [1.54, 1.807) is 0 Å². The summed E-state index contributed by atoms with van der Waals surface area (Å²) >= 11 is 0. The van der Waals surface area contributed by atoms with E-state index < -0.39 is 0 Å². The summed E-state index contributed by atoms with van der Waals surface area (Å²) in [6, 6.07) is 56.6. The predicted octanol–water partition coefficient (Wildman–Crippen LogP) is 11.3. The van der Waals surface area contributed by atoms with Crippen LogP contribution in [0.1, 0.15) is 0 Å². The van der Waals surface area contributed by atoms with Crippen LogP contribution >= 0.6 is 0 Å². The van der Waals surface area contributed by atoms with Crippen LogP contribution in [0.3, 0.4) is 0 Å². The average Bonchev–Trinajstić information content (AvgIpc) is 3.86. The Labute approximate surface area is 291 Å². The van der Waals surface area contributed by atoms with Gasteiger partial charge in [0.15, 0.2) is 11.6 Å². The van der Waals surface area contributed by atoms with Gasteiger partial charge in [-0.15, -0.1) is 0 Å². The fourth-order valence-corrected chi connectivity index (χ4v) is 7.75. The molecule has 4 aromatic heterocycles. The SMILES string of the molecule is c1ccc(-c2nc(-c3ccc4c(c3)oc3ccc5c6ccccc6n(-c6ccccc6)c5c34)nc(-n3c4ccccc4c4ccccc43)n2)cc1. The first-order valence-corrected chi connectivity index (χ1v) is 17.0. The number of hydrogen-bond acceptors (Lipinski definition) is 4. The lowest BCUT2D eigenvalue weighted by atomic mass is 10.1. The third-order valence-corrected chi connectivity index (χ3v) is 9.98. The minimum absolute atomic E-state index is 0.565. The molecule has 0 saturated carbocycles. The molecule has 0 aliphatic carbocycles. The molecule has 11 aromatic rings. The Bertz CT molecular complexity index is 3080. The van der Waals surface area contributed by atoms with Gasteiger partial charge < -0.3 is 8.98 Å². The monoisotopic (exact) mass is 653 g/mol. The normalized spacial score (nSPS) is 11.9. The summed E-state index contributed by atoms with van der Waals surface area (Å²) in [6.07, 6.45) is 0. The summed E-state index contributed by atoms with van der Waals surface area (Å²) in [5.41, 5.74) is 8.87. The van der Waals surface area contributed by atoms with E-state index in [-0.39, 0.29) is 0 Å². The number of benzene rings is 7. The molecular formula is C45H27N5O. The Hall–Kier alpha value is -7.05. The molecule has 0 aliphatic heterocycles. The third-order valence-electron chi connectivity index (χ3n) is 9.98. The molecule has 0 N–H and O–H groups in total. The van der Waals surface area contributed by atoms with E-state index in [0.717, 1.165) is 71.6 Å². The first-order valence-electron chi connectivity index (χ1n) is 17.0. The standard InChI is InChI=1S/C45H27N5O/c1-3-13-28(14-4-1)43-46-44(48-45(47-43)50-37-21-11-7-17-31(37)32-18-8-12-22-38(32)50)29-23-24-35-40(27-29)51-39-26-25-34-33-19-9-10-20-36(33)49(42(34)41(35)39)30-15-5-2-6-16-30/h1-27H. The van der Waals surface area contributed by atoms with E-state index in [4.69, 9.17) is 19.4 Å². The van der Waals surface area contributed by atoms with Gasteiger partial charge in [0, 0.05) is 43.7 Å². The lowest BCUT2D eigenvalue weighted by Gasteiger charge is -2.11. The van der Waals surface area contributed by atoms with E-state index >= 15 is 0 Å². The van der Waals surface area contributed by atoms with Crippen LogP contribution in [0.15, 0.2) is 168 Å². The van der Waals surface area contributed by atoms with Gasteiger partial charge in [0.25, 0.3) is 0 Å². The van der Waals surface area contributed by atoms with Crippen molar-refractivity contribution in [3.8, 4) is 34.4 Å². The maximum Gasteiger partial charge on any atom is 0.238 e. The summed E-state index contributed by atoms with van der Waals surface area (Å²) in [5, 5.41) is 6.83. The van der Waals surface area contributed by atoms with Crippen LogP contribution in [-0.2, 0) is 0 Å². The van der Waals surface area contributed by atoms with E-state index in [0.29, 0.717) is 17.6 Å². The molecule has 0 amide bonds. The minimum atomic E-state index is 0.565. The van der Waals surface area contributed by atoms with Crippen molar-refractivity contribution in [2.75, 3.05) is 0 Å². The molecule has 6 nitrogen and oxygen atoms in total. The second-order valence-electron chi connectivity index (χ2n) is 12.9. The van der Waals surface area contributed by atoms with E-state index in [1.165, 1.54) is 10.8 Å². The molecule has 0 saturated heterocycles. The van der Waals surface area contributed by atoms with Crippen molar-refractivity contribution in [1.29, 1.82) is 0 Å².